The number of hydrogen-bond donors (Lipinski definition) is 2. The van der Waals surface area contributed by atoms with Crippen LogP contribution in [0.4, 0.5) is 0 Å². The first-order chi connectivity index (χ1) is 15.2. The molecule has 1 aromatic rings. The summed E-state index contributed by atoms with van der Waals surface area (Å²) in [5.41, 5.74) is 0.145. The summed E-state index contributed by atoms with van der Waals surface area (Å²) in [5.74, 6) is 1.55. The minimum Gasteiger partial charge on any atom is -0.498 e. The summed E-state index contributed by atoms with van der Waals surface area (Å²) in [4.78, 5) is 13.5. The highest BCUT2D eigenvalue weighted by atomic mass is 16.5. The number of rotatable bonds is 10. The number of allylic oxidation sites excluding steroid dienone is 3. The second-order valence-corrected chi connectivity index (χ2v) is 10.1. The summed E-state index contributed by atoms with van der Waals surface area (Å²) in [7, 11) is 0. The Kier molecular flexibility index (Phi) is 7.84. The molecule has 3 atom stereocenters. The third-order valence-electron chi connectivity index (χ3n) is 6.65. The lowest BCUT2D eigenvalue weighted by Crippen LogP contribution is -2.62. The van der Waals surface area contributed by atoms with Crippen molar-refractivity contribution >= 4 is 5.91 Å². The number of carbonyl (C=O) groups excluding carboxylic acids is 1. The summed E-state index contributed by atoms with van der Waals surface area (Å²) >= 11 is 0. The second kappa shape index (κ2) is 10.2. The van der Waals surface area contributed by atoms with Crippen LogP contribution < -0.4 is 5.32 Å². The van der Waals surface area contributed by atoms with Crippen LogP contribution >= 0.6 is 0 Å². The van der Waals surface area contributed by atoms with E-state index in [0.29, 0.717) is 19.1 Å². The first kappa shape index (κ1) is 24.5. The Morgan fingerprint density at radius 2 is 1.97 bits per heavy atom. The van der Waals surface area contributed by atoms with Crippen LogP contribution in [0.25, 0.3) is 0 Å². The highest BCUT2D eigenvalue weighted by molar-refractivity contribution is 5.90. The van der Waals surface area contributed by atoms with E-state index in [2.05, 4.69) is 26.1 Å². The number of amides is 1. The molecule has 5 heteroatoms. The molecule has 0 saturated carbocycles. The van der Waals surface area contributed by atoms with Gasteiger partial charge in [-0.05, 0) is 49.3 Å². The largest absolute Gasteiger partial charge is 0.498 e. The van der Waals surface area contributed by atoms with E-state index in [9.17, 15) is 9.90 Å². The van der Waals surface area contributed by atoms with Crippen LogP contribution in [0.2, 0.25) is 0 Å². The topological polar surface area (TPSA) is 67.8 Å². The summed E-state index contributed by atoms with van der Waals surface area (Å²) < 4.78 is 11.5. The average Bonchev–Trinajstić information content (AvgIpc) is 2.70. The van der Waals surface area contributed by atoms with Gasteiger partial charge in [-0.2, -0.15) is 0 Å². The van der Waals surface area contributed by atoms with Crippen molar-refractivity contribution in [2.24, 2.45) is 11.8 Å². The fourth-order valence-electron chi connectivity index (χ4n) is 4.58. The smallest absolute Gasteiger partial charge is 0.235 e. The third kappa shape index (κ3) is 5.44. The molecule has 32 heavy (non-hydrogen) atoms. The van der Waals surface area contributed by atoms with Crippen molar-refractivity contribution in [2.45, 2.75) is 70.9 Å². The van der Waals surface area contributed by atoms with Crippen molar-refractivity contribution in [2.75, 3.05) is 19.8 Å². The molecular weight excluding hydrogens is 402 g/mol. The molecule has 1 aliphatic heterocycles. The number of hydrogen-bond acceptors (Lipinski definition) is 4. The first-order valence-corrected chi connectivity index (χ1v) is 11.9. The fraction of sp³-hybridized carbons (Fsp3) is 0.593. The maximum absolute atomic E-state index is 13.5. The lowest BCUT2D eigenvalue weighted by Gasteiger charge is -2.43. The molecule has 1 heterocycles. The van der Waals surface area contributed by atoms with Gasteiger partial charge >= 0.3 is 0 Å². The van der Waals surface area contributed by atoms with Gasteiger partial charge in [0.2, 0.25) is 5.91 Å². The molecule has 5 nitrogen and oxygen atoms in total. The van der Waals surface area contributed by atoms with Gasteiger partial charge in [0.05, 0.1) is 37.2 Å². The molecule has 1 saturated heterocycles. The van der Waals surface area contributed by atoms with Crippen molar-refractivity contribution in [3.8, 4) is 0 Å². The zero-order valence-electron chi connectivity index (χ0n) is 20.2. The van der Waals surface area contributed by atoms with Gasteiger partial charge in [-0.25, -0.2) is 0 Å². The molecule has 3 rings (SSSR count). The van der Waals surface area contributed by atoms with E-state index in [1.807, 2.05) is 42.5 Å². The van der Waals surface area contributed by atoms with Crippen molar-refractivity contribution in [1.82, 2.24) is 5.32 Å². The molecule has 1 aromatic carbocycles. The lowest BCUT2D eigenvalue weighted by molar-refractivity contribution is -0.147. The molecule has 1 fully saturated rings. The lowest BCUT2D eigenvalue weighted by atomic mass is 9.76. The molecule has 2 N–H and O–H groups in total. The number of ether oxygens (including phenoxy) is 2. The molecular formula is C27H39NO4. The molecule has 176 valence electrons. The summed E-state index contributed by atoms with van der Waals surface area (Å²) in [5, 5.41) is 14.2. The normalized spacial score (nSPS) is 22.1. The summed E-state index contributed by atoms with van der Waals surface area (Å²) in [6.07, 6.45) is 7.10. The Morgan fingerprint density at radius 3 is 2.50 bits per heavy atom. The van der Waals surface area contributed by atoms with E-state index >= 15 is 0 Å². The maximum atomic E-state index is 13.5. The van der Waals surface area contributed by atoms with Crippen LogP contribution in [0.1, 0.15) is 59.4 Å². The molecule has 1 aliphatic carbocycles. The SMILES string of the molecule is CCCC(C)COC1=CC=C([C@@H](NC(=O)C2(c3ccccc3)COC2)C(C)(C)O)C(C)C1. The van der Waals surface area contributed by atoms with Gasteiger partial charge in [-0.3, -0.25) is 4.79 Å². The van der Waals surface area contributed by atoms with E-state index in [0.717, 1.165) is 42.8 Å². The molecule has 2 unspecified atom stereocenters. The highest BCUT2D eigenvalue weighted by Crippen LogP contribution is 2.36. The van der Waals surface area contributed by atoms with E-state index in [-0.39, 0.29) is 11.8 Å². The zero-order valence-corrected chi connectivity index (χ0v) is 20.2. The van der Waals surface area contributed by atoms with E-state index in [1.54, 1.807) is 13.8 Å². The van der Waals surface area contributed by atoms with Gasteiger partial charge in [0, 0.05) is 6.42 Å². The Balaban J connectivity index is 1.77. The number of carbonyl (C=O) groups is 1. The van der Waals surface area contributed by atoms with Crippen LogP contribution in [0.3, 0.4) is 0 Å². The van der Waals surface area contributed by atoms with Gasteiger partial charge < -0.3 is 19.9 Å². The molecule has 0 radical (unpaired) electrons. The predicted octanol–water partition coefficient (Wildman–Crippen LogP) is 4.51. The Morgan fingerprint density at radius 1 is 1.28 bits per heavy atom. The van der Waals surface area contributed by atoms with Crippen LogP contribution in [-0.2, 0) is 19.7 Å². The first-order valence-electron chi connectivity index (χ1n) is 11.9. The summed E-state index contributed by atoms with van der Waals surface area (Å²) in [6.45, 7) is 11.5. The predicted molar refractivity (Wildman–Crippen MR) is 127 cm³/mol. The number of nitrogens with one attached hydrogen (secondary N) is 1. The Bertz CT molecular complexity index is 833. The minimum absolute atomic E-state index is 0.102. The van der Waals surface area contributed by atoms with Crippen LogP contribution in [0.5, 0.6) is 0 Å². The van der Waals surface area contributed by atoms with Gasteiger partial charge in [-0.15, -0.1) is 0 Å². The monoisotopic (exact) mass is 441 g/mol. The quantitative estimate of drug-likeness (QED) is 0.560. The van der Waals surface area contributed by atoms with E-state index in [1.165, 1.54) is 0 Å². The highest BCUT2D eigenvalue weighted by Gasteiger charge is 2.49. The molecule has 1 amide bonds. The van der Waals surface area contributed by atoms with E-state index < -0.39 is 17.1 Å². The van der Waals surface area contributed by atoms with Crippen molar-refractivity contribution in [3.05, 3.63) is 59.4 Å². The molecule has 0 spiro atoms. The molecule has 2 aliphatic rings. The molecule has 0 bridgehead atoms. The van der Waals surface area contributed by atoms with Crippen LogP contribution in [-0.4, -0.2) is 42.5 Å². The van der Waals surface area contributed by atoms with E-state index in [4.69, 9.17) is 9.47 Å². The van der Waals surface area contributed by atoms with Gasteiger partial charge in [-0.1, -0.05) is 63.6 Å². The summed E-state index contributed by atoms with van der Waals surface area (Å²) in [6, 6.07) is 9.26. The minimum atomic E-state index is -1.11. The van der Waals surface area contributed by atoms with Crippen molar-refractivity contribution in [1.29, 1.82) is 0 Å². The van der Waals surface area contributed by atoms with Gasteiger partial charge in [0.1, 0.15) is 5.41 Å². The van der Waals surface area contributed by atoms with Crippen molar-refractivity contribution < 1.29 is 19.4 Å². The van der Waals surface area contributed by atoms with Crippen LogP contribution in [0, 0.1) is 11.8 Å². The Labute approximate surface area is 192 Å². The Hall–Kier alpha value is -2.11. The number of benzene rings is 1. The molecule has 0 aromatic heterocycles. The average molecular weight is 442 g/mol. The fourth-order valence-corrected chi connectivity index (χ4v) is 4.58. The standard InChI is InChI=1S/C27H39NO4/c1-6-10-19(2)16-32-22-13-14-23(20(3)15-22)24(26(4,5)30)28-25(29)27(17-31-18-27)21-11-8-7-9-12-21/h7-9,11-14,19-20,24,30H,6,10,15-18H2,1-5H3,(H,28,29)/t19?,20?,24-/m1/s1. The third-order valence-corrected chi connectivity index (χ3v) is 6.65. The zero-order chi connectivity index (χ0) is 23.4. The van der Waals surface area contributed by atoms with Gasteiger partial charge in [0.15, 0.2) is 0 Å². The van der Waals surface area contributed by atoms with Crippen LogP contribution in [0.15, 0.2) is 53.8 Å². The van der Waals surface area contributed by atoms with Gasteiger partial charge in [0.25, 0.3) is 0 Å². The maximum Gasteiger partial charge on any atom is 0.235 e. The second-order valence-electron chi connectivity index (χ2n) is 10.1. The van der Waals surface area contributed by atoms with Crippen molar-refractivity contribution in [3.63, 3.8) is 0 Å². The number of aliphatic hydroxyl groups is 1.